The van der Waals surface area contributed by atoms with Crippen molar-refractivity contribution in [3.05, 3.63) is 57.3 Å². The van der Waals surface area contributed by atoms with E-state index >= 15 is 0 Å². The first-order valence-electron chi connectivity index (χ1n) is 9.25. The highest BCUT2D eigenvalue weighted by Gasteiger charge is 2.21. The van der Waals surface area contributed by atoms with Crippen LogP contribution in [0.15, 0.2) is 42.5 Å². The van der Waals surface area contributed by atoms with Gasteiger partial charge in [0.1, 0.15) is 3.70 Å². The van der Waals surface area contributed by atoms with E-state index in [4.69, 9.17) is 9.84 Å². The summed E-state index contributed by atoms with van der Waals surface area (Å²) in [5.41, 5.74) is 3.93. The van der Waals surface area contributed by atoms with Crippen LogP contribution in [-0.2, 0) is 16.0 Å². The summed E-state index contributed by atoms with van der Waals surface area (Å²) in [5.74, 6) is -0.0123. The second-order valence-corrected chi connectivity index (χ2v) is 7.97. The molecule has 6 heteroatoms. The summed E-state index contributed by atoms with van der Waals surface area (Å²) >= 11 is 2.26. The van der Waals surface area contributed by atoms with E-state index in [0.29, 0.717) is 6.42 Å². The highest BCUT2D eigenvalue weighted by molar-refractivity contribution is 14.1. The van der Waals surface area contributed by atoms with E-state index in [-0.39, 0.29) is 12.1 Å². The molecule has 1 atom stereocenters. The number of fused-ring (bicyclic) bond motifs is 1. The molecule has 2 heterocycles. The van der Waals surface area contributed by atoms with Gasteiger partial charge in [0.15, 0.2) is 6.23 Å². The molecule has 140 valence electrons. The zero-order valence-corrected chi connectivity index (χ0v) is 17.4. The van der Waals surface area contributed by atoms with Crippen molar-refractivity contribution in [1.29, 1.82) is 0 Å². The smallest absolute Gasteiger partial charge is 0.228 e. The molecule has 1 N–H and O–H groups in total. The van der Waals surface area contributed by atoms with Crippen LogP contribution in [0.25, 0.3) is 10.9 Å². The third kappa shape index (κ3) is 4.01. The SMILES string of the molecule is Cc1cc2c(cc1NC(=O)Cc1ccccc1)c(I)nn2C1CCCCO1. The van der Waals surface area contributed by atoms with Crippen molar-refractivity contribution in [2.75, 3.05) is 11.9 Å². The highest BCUT2D eigenvalue weighted by atomic mass is 127. The summed E-state index contributed by atoms with van der Waals surface area (Å²) in [6.45, 7) is 2.80. The van der Waals surface area contributed by atoms with Crippen LogP contribution in [0.2, 0.25) is 0 Å². The number of benzene rings is 2. The molecule has 0 aliphatic carbocycles. The van der Waals surface area contributed by atoms with Crippen molar-refractivity contribution >= 4 is 45.1 Å². The Bertz CT molecular complexity index is 962. The van der Waals surface area contributed by atoms with E-state index < -0.39 is 0 Å². The van der Waals surface area contributed by atoms with Gasteiger partial charge in [-0.1, -0.05) is 30.3 Å². The lowest BCUT2D eigenvalue weighted by Gasteiger charge is -2.23. The number of anilines is 1. The summed E-state index contributed by atoms with van der Waals surface area (Å²) in [6.07, 6.45) is 3.63. The van der Waals surface area contributed by atoms with Crippen molar-refractivity contribution in [1.82, 2.24) is 9.78 Å². The number of carbonyl (C=O) groups excluding carboxylic acids is 1. The van der Waals surface area contributed by atoms with Crippen LogP contribution < -0.4 is 5.32 Å². The maximum Gasteiger partial charge on any atom is 0.228 e. The van der Waals surface area contributed by atoms with Gasteiger partial charge in [-0.3, -0.25) is 4.79 Å². The van der Waals surface area contributed by atoms with E-state index in [1.54, 1.807) is 0 Å². The molecular weight excluding hydrogens is 453 g/mol. The number of halogens is 1. The number of ether oxygens (including phenoxy) is 1. The van der Waals surface area contributed by atoms with Gasteiger partial charge in [-0.2, -0.15) is 5.10 Å². The molecule has 0 radical (unpaired) electrons. The van der Waals surface area contributed by atoms with Crippen molar-refractivity contribution in [3.8, 4) is 0 Å². The standard InChI is InChI=1S/C21H22IN3O2/c1-14-11-18-16(21(22)24-25(18)20-9-5-6-10-27-20)13-17(14)23-19(26)12-15-7-3-2-4-8-15/h2-4,7-8,11,13,20H,5-6,9-10,12H2,1H3,(H,23,26). The number of hydrogen-bond donors (Lipinski definition) is 1. The van der Waals surface area contributed by atoms with Gasteiger partial charge in [-0.05, 0) is 72.0 Å². The topological polar surface area (TPSA) is 56.2 Å². The second kappa shape index (κ2) is 7.98. The van der Waals surface area contributed by atoms with Gasteiger partial charge in [0, 0.05) is 17.7 Å². The van der Waals surface area contributed by atoms with Crippen LogP contribution >= 0.6 is 22.6 Å². The molecule has 5 nitrogen and oxygen atoms in total. The number of aromatic nitrogens is 2. The van der Waals surface area contributed by atoms with E-state index in [1.165, 1.54) is 0 Å². The van der Waals surface area contributed by atoms with Crippen LogP contribution in [0.3, 0.4) is 0 Å². The third-order valence-electron chi connectivity index (χ3n) is 4.92. The van der Waals surface area contributed by atoms with Crippen molar-refractivity contribution < 1.29 is 9.53 Å². The molecule has 0 spiro atoms. The van der Waals surface area contributed by atoms with Gasteiger partial charge < -0.3 is 10.1 Å². The molecule has 1 fully saturated rings. The maximum absolute atomic E-state index is 12.5. The van der Waals surface area contributed by atoms with Crippen LogP contribution in [-0.4, -0.2) is 22.3 Å². The Balaban J connectivity index is 1.60. The summed E-state index contributed by atoms with van der Waals surface area (Å²) in [7, 11) is 0. The molecular formula is C21H22IN3O2. The summed E-state index contributed by atoms with van der Waals surface area (Å²) in [6, 6.07) is 13.9. The predicted octanol–water partition coefficient (Wildman–Crippen LogP) is 4.83. The highest BCUT2D eigenvalue weighted by Crippen LogP contribution is 2.32. The van der Waals surface area contributed by atoms with E-state index in [0.717, 1.165) is 57.3 Å². The predicted molar refractivity (Wildman–Crippen MR) is 115 cm³/mol. The zero-order chi connectivity index (χ0) is 18.8. The Labute approximate surface area is 172 Å². The minimum atomic E-state index is -0.0123. The molecule has 0 saturated carbocycles. The van der Waals surface area contributed by atoms with Crippen molar-refractivity contribution in [3.63, 3.8) is 0 Å². The lowest BCUT2D eigenvalue weighted by Crippen LogP contribution is -2.19. The largest absolute Gasteiger partial charge is 0.356 e. The van der Waals surface area contributed by atoms with Gasteiger partial charge in [0.2, 0.25) is 5.91 Å². The molecule has 1 saturated heterocycles. The number of rotatable bonds is 4. The van der Waals surface area contributed by atoms with E-state index in [1.807, 2.05) is 48.0 Å². The minimum Gasteiger partial charge on any atom is -0.356 e. The first kappa shape index (κ1) is 18.4. The number of nitrogens with zero attached hydrogens (tertiary/aromatic N) is 2. The van der Waals surface area contributed by atoms with Gasteiger partial charge >= 0.3 is 0 Å². The normalized spacial score (nSPS) is 17.2. The third-order valence-corrected chi connectivity index (χ3v) is 5.71. The van der Waals surface area contributed by atoms with Gasteiger partial charge in [-0.15, -0.1) is 0 Å². The molecule has 2 aromatic carbocycles. The first-order chi connectivity index (χ1) is 13.1. The first-order valence-corrected chi connectivity index (χ1v) is 10.3. The van der Waals surface area contributed by atoms with Crippen molar-refractivity contribution in [2.45, 2.75) is 38.8 Å². The Morgan fingerprint density at radius 1 is 1.30 bits per heavy atom. The van der Waals surface area contributed by atoms with Gasteiger partial charge in [0.25, 0.3) is 0 Å². The lowest BCUT2D eigenvalue weighted by molar-refractivity contribution is -0.115. The summed E-state index contributed by atoms with van der Waals surface area (Å²) < 4.78 is 8.84. The number of carbonyl (C=O) groups is 1. The van der Waals surface area contributed by atoms with E-state index in [9.17, 15) is 4.79 Å². The van der Waals surface area contributed by atoms with E-state index in [2.05, 4.69) is 34.0 Å². The molecule has 1 aliphatic heterocycles. The van der Waals surface area contributed by atoms with Crippen LogP contribution in [0.4, 0.5) is 5.69 Å². The lowest BCUT2D eigenvalue weighted by atomic mass is 10.1. The summed E-state index contributed by atoms with van der Waals surface area (Å²) in [4.78, 5) is 12.5. The van der Waals surface area contributed by atoms with Crippen LogP contribution in [0.1, 0.15) is 36.6 Å². The Morgan fingerprint density at radius 2 is 2.11 bits per heavy atom. The fourth-order valence-electron chi connectivity index (χ4n) is 3.50. The number of nitrogens with one attached hydrogen (secondary N) is 1. The number of amides is 1. The molecule has 27 heavy (non-hydrogen) atoms. The Hall–Kier alpha value is -1.93. The maximum atomic E-state index is 12.5. The molecule has 0 bridgehead atoms. The molecule has 1 amide bonds. The Morgan fingerprint density at radius 3 is 2.85 bits per heavy atom. The minimum absolute atomic E-state index is 0.00249. The fourth-order valence-corrected chi connectivity index (χ4v) is 4.16. The quantitative estimate of drug-likeness (QED) is 0.551. The number of aryl methyl sites for hydroxylation is 1. The molecule has 1 unspecified atom stereocenters. The van der Waals surface area contributed by atoms with Crippen molar-refractivity contribution in [2.24, 2.45) is 0 Å². The molecule has 3 aromatic rings. The zero-order valence-electron chi connectivity index (χ0n) is 15.2. The van der Waals surface area contributed by atoms with Crippen LogP contribution in [0, 0.1) is 10.6 Å². The van der Waals surface area contributed by atoms with Gasteiger partial charge in [0.05, 0.1) is 11.9 Å². The van der Waals surface area contributed by atoms with Crippen LogP contribution in [0.5, 0.6) is 0 Å². The average molecular weight is 475 g/mol. The molecule has 1 aromatic heterocycles. The van der Waals surface area contributed by atoms with Gasteiger partial charge in [-0.25, -0.2) is 4.68 Å². The molecule has 4 rings (SSSR count). The second-order valence-electron chi connectivity index (χ2n) is 6.95. The average Bonchev–Trinajstić information content (AvgIpc) is 2.99. The number of hydrogen-bond acceptors (Lipinski definition) is 3. The Kier molecular flexibility index (Phi) is 5.45. The summed E-state index contributed by atoms with van der Waals surface area (Å²) in [5, 5.41) is 8.81. The molecule has 1 aliphatic rings. The monoisotopic (exact) mass is 475 g/mol. The fraction of sp³-hybridized carbons (Fsp3) is 0.333.